The minimum Gasteiger partial charge on any atom is -0.475 e. The smallest absolute Gasteiger partial charge is 0.241 e. The van der Waals surface area contributed by atoms with Crippen molar-refractivity contribution in [3.63, 3.8) is 0 Å². The van der Waals surface area contributed by atoms with Crippen molar-refractivity contribution in [1.82, 2.24) is 4.98 Å². The van der Waals surface area contributed by atoms with Crippen molar-refractivity contribution >= 4 is 11.6 Å². The Morgan fingerprint density at radius 2 is 2.16 bits per heavy atom. The van der Waals surface area contributed by atoms with Crippen LogP contribution in [0.15, 0.2) is 18.3 Å². The first-order valence-electron chi connectivity index (χ1n) is 6.19. The third-order valence-electron chi connectivity index (χ3n) is 2.56. The van der Waals surface area contributed by atoms with E-state index in [1.807, 2.05) is 13.8 Å². The molecule has 1 aromatic rings. The molecule has 0 aliphatic rings. The number of aromatic nitrogens is 1. The third-order valence-corrected chi connectivity index (χ3v) is 2.56. The Labute approximate surface area is 113 Å². The summed E-state index contributed by atoms with van der Waals surface area (Å²) in [6.07, 6.45) is 1.53. The molecule has 0 unspecified atom stereocenters. The average molecular weight is 267 g/mol. The number of nitrogens with two attached hydrogens (primary N) is 1. The zero-order valence-electron chi connectivity index (χ0n) is 11.6. The fourth-order valence-corrected chi connectivity index (χ4v) is 1.30. The van der Waals surface area contributed by atoms with E-state index in [0.717, 1.165) is 0 Å². The highest BCUT2D eigenvalue weighted by Gasteiger charge is 2.17. The molecule has 6 nitrogen and oxygen atoms in total. The monoisotopic (exact) mass is 267 g/mol. The van der Waals surface area contributed by atoms with Crippen molar-refractivity contribution in [2.45, 2.75) is 19.9 Å². The lowest BCUT2D eigenvalue weighted by Gasteiger charge is -2.15. The molecule has 0 radical (unpaired) electrons. The lowest BCUT2D eigenvalue weighted by atomic mass is 10.1. The number of nitrogens with one attached hydrogen (secondary N) is 1. The molecule has 1 rings (SSSR count). The molecule has 3 N–H and O–H groups in total. The number of pyridine rings is 1. The van der Waals surface area contributed by atoms with Crippen molar-refractivity contribution in [2.75, 3.05) is 25.6 Å². The van der Waals surface area contributed by atoms with Crippen molar-refractivity contribution < 1.29 is 14.3 Å². The van der Waals surface area contributed by atoms with Gasteiger partial charge >= 0.3 is 0 Å². The van der Waals surface area contributed by atoms with Gasteiger partial charge in [-0.05, 0) is 12.0 Å². The quantitative estimate of drug-likeness (QED) is 0.720. The minimum atomic E-state index is -0.530. The van der Waals surface area contributed by atoms with E-state index in [4.69, 9.17) is 15.2 Å². The zero-order chi connectivity index (χ0) is 14.3. The summed E-state index contributed by atoms with van der Waals surface area (Å²) in [4.78, 5) is 15.8. The van der Waals surface area contributed by atoms with Crippen LogP contribution in [0.2, 0.25) is 0 Å². The molecule has 0 spiro atoms. The van der Waals surface area contributed by atoms with Gasteiger partial charge < -0.3 is 20.5 Å². The first-order chi connectivity index (χ1) is 9.04. The molecular weight excluding hydrogens is 246 g/mol. The van der Waals surface area contributed by atoms with Gasteiger partial charge in [-0.3, -0.25) is 4.79 Å². The van der Waals surface area contributed by atoms with E-state index < -0.39 is 6.04 Å². The van der Waals surface area contributed by atoms with Gasteiger partial charge in [0.25, 0.3) is 0 Å². The maximum absolute atomic E-state index is 11.7. The first-order valence-corrected chi connectivity index (χ1v) is 6.19. The van der Waals surface area contributed by atoms with Crippen LogP contribution in [-0.4, -0.2) is 37.3 Å². The van der Waals surface area contributed by atoms with Crippen molar-refractivity contribution in [1.29, 1.82) is 0 Å². The minimum absolute atomic E-state index is 0.0876. The number of ether oxygens (including phenoxy) is 2. The van der Waals surface area contributed by atoms with Gasteiger partial charge in [0.2, 0.25) is 11.8 Å². The topological polar surface area (TPSA) is 86.5 Å². The molecular formula is C13H21N3O3. The van der Waals surface area contributed by atoms with E-state index in [0.29, 0.717) is 24.8 Å². The van der Waals surface area contributed by atoms with Crippen LogP contribution in [0.5, 0.6) is 5.88 Å². The Kier molecular flexibility index (Phi) is 6.24. The molecule has 19 heavy (non-hydrogen) atoms. The van der Waals surface area contributed by atoms with Crippen molar-refractivity contribution in [3.05, 3.63) is 18.3 Å². The maximum atomic E-state index is 11.7. The molecule has 0 aliphatic carbocycles. The lowest BCUT2D eigenvalue weighted by molar-refractivity contribution is -0.118. The van der Waals surface area contributed by atoms with Gasteiger partial charge in [0.15, 0.2) is 0 Å². The summed E-state index contributed by atoms with van der Waals surface area (Å²) in [5.41, 5.74) is 6.35. The number of carbonyl (C=O) groups is 1. The van der Waals surface area contributed by atoms with Crippen LogP contribution in [0.1, 0.15) is 13.8 Å². The fourth-order valence-electron chi connectivity index (χ4n) is 1.30. The fraction of sp³-hybridized carbons (Fsp3) is 0.538. The summed E-state index contributed by atoms with van der Waals surface area (Å²) >= 11 is 0. The van der Waals surface area contributed by atoms with E-state index in [-0.39, 0.29) is 11.8 Å². The van der Waals surface area contributed by atoms with E-state index in [2.05, 4.69) is 10.3 Å². The normalized spacial score (nSPS) is 12.3. The summed E-state index contributed by atoms with van der Waals surface area (Å²) in [6, 6.07) is 2.88. The summed E-state index contributed by atoms with van der Waals surface area (Å²) < 4.78 is 10.2. The number of anilines is 1. The van der Waals surface area contributed by atoms with Gasteiger partial charge in [0.05, 0.1) is 24.5 Å². The van der Waals surface area contributed by atoms with Crippen LogP contribution in [0.3, 0.4) is 0 Å². The predicted octanol–water partition coefficient (Wildman–Crippen LogP) is 1.03. The number of methoxy groups -OCH3 is 1. The van der Waals surface area contributed by atoms with E-state index >= 15 is 0 Å². The summed E-state index contributed by atoms with van der Waals surface area (Å²) in [5, 5.41) is 2.71. The molecule has 1 aromatic heterocycles. The summed E-state index contributed by atoms with van der Waals surface area (Å²) in [5.74, 6) is 0.359. The highest BCUT2D eigenvalue weighted by atomic mass is 16.5. The second-order valence-corrected chi connectivity index (χ2v) is 4.49. The number of rotatable bonds is 7. The molecule has 1 amide bonds. The van der Waals surface area contributed by atoms with Crippen molar-refractivity contribution in [3.8, 4) is 5.88 Å². The van der Waals surface area contributed by atoms with Crippen LogP contribution in [0.4, 0.5) is 5.69 Å². The molecule has 0 saturated heterocycles. The van der Waals surface area contributed by atoms with Gasteiger partial charge in [0.1, 0.15) is 6.61 Å². The Hall–Kier alpha value is -1.66. The largest absolute Gasteiger partial charge is 0.475 e. The standard InChI is InChI=1S/C13H21N3O3/c1-9(2)12(14)13(17)16-10-4-5-11(15-8-10)19-7-6-18-3/h4-5,8-9,12H,6-7,14H2,1-3H3,(H,16,17)/t12-/m1/s1. The van der Waals surface area contributed by atoms with Crippen LogP contribution >= 0.6 is 0 Å². The second-order valence-electron chi connectivity index (χ2n) is 4.49. The average Bonchev–Trinajstić information content (AvgIpc) is 2.40. The lowest BCUT2D eigenvalue weighted by Crippen LogP contribution is -2.39. The molecule has 1 atom stereocenters. The van der Waals surface area contributed by atoms with Crippen LogP contribution in [0.25, 0.3) is 0 Å². The Bertz CT molecular complexity index is 393. The first kappa shape index (κ1) is 15.4. The predicted molar refractivity (Wildman–Crippen MR) is 73.1 cm³/mol. The van der Waals surface area contributed by atoms with E-state index in [1.165, 1.54) is 6.20 Å². The number of carbonyl (C=O) groups excluding carboxylic acids is 1. The van der Waals surface area contributed by atoms with Gasteiger partial charge in [-0.25, -0.2) is 4.98 Å². The maximum Gasteiger partial charge on any atom is 0.241 e. The zero-order valence-corrected chi connectivity index (χ0v) is 11.6. The Balaban J connectivity index is 2.50. The van der Waals surface area contributed by atoms with Crippen molar-refractivity contribution in [2.24, 2.45) is 11.7 Å². The molecule has 0 bridgehead atoms. The Morgan fingerprint density at radius 1 is 1.42 bits per heavy atom. The van der Waals surface area contributed by atoms with Crippen LogP contribution in [0, 0.1) is 5.92 Å². The van der Waals surface area contributed by atoms with Gasteiger partial charge in [-0.2, -0.15) is 0 Å². The van der Waals surface area contributed by atoms with Gasteiger partial charge in [-0.15, -0.1) is 0 Å². The number of hydrogen-bond acceptors (Lipinski definition) is 5. The molecule has 106 valence electrons. The van der Waals surface area contributed by atoms with Gasteiger partial charge in [0, 0.05) is 13.2 Å². The second kappa shape index (κ2) is 7.70. The van der Waals surface area contributed by atoms with Crippen LogP contribution in [-0.2, 0) is 9.53 Å². The summed E-state index contributed by atoms with van der Waals surface area (Å²) in [7, 11) is 1.60. The third kappa shape index (κ3) is 5.23. The Morgan fingerprint density at radius 3 is 2.68 bits per heavy atom. The molecule has 0 aromatic carbocycles. The van der Waals surface area contributed by atoms with Gasteiger partial charge in [-0.1, -0.05) is 13.8 Å². The van der Waals surface area contributed by atoms with Crippen LogP contribution < -0.4 is 15.8 Å². The molecule has 0 fully saturated rings. The summed E-state index contributed by atoms with van der Waals surface area (Å²) in [6.45, 7) is 4.74. The highest BCUT2D eigenvalue weighted by molar-refractivity contribution is 5.94. The van der Waals surface area contributed by atoms with E-state index in [9.17, 15) is 4.79 Å². The highest BCUT2D eigenvalue weighted by Crippen LogP contribution is 2.12. The van der Waals surface area contributed by atoms with E-state index in [1.54, 1.807) is 19.2 Å². The SMILES string of the molecule is COCCOc1ccc(NC(=O)[C@H](N)C(C)C)cn1. The number of hydrogen-bond donors (Lipinski definition) is 2. The number of nitrogens with zero attached hydrogens (tertiary/aromatic N) is 1. The molecule has 0 saturated carbocycles. The number of amides is 1. The molecule has 0 aliphatic heterocycles. The molecule has 1 heterocycles. The molecule has 6 heteroatoms.